The third-order valence-electron chi connectivity index (χ3n) is 2.60. The van der Waals surface area contributed by atoms with Crippen molar-refractivity contribution in [3.8, 4) is 5.75 Å². The lowest BCUT2D eigenvalue weighted by atomic mass is 10.1. The van der Waals surface area contributed by atoms with E-state index in [0.29, 0.717) is 11.8 Å². The molecule has 1 aromatic heterocycles. The highest BCUT2D eigenvalue weighted by Gasteiger charge is 2.08. The van der Waals surface area contributed by atoms with Gasteiger partial charge in [0.15, 0.2) is 0 Å². The number of rotatable bonds is 2. The molecule has 0 saturated carbocycles. The number of hydrogen-bond donors (Lipinski definition) is 3. The van der Waals surface area contributed by atoms with Crippen molar-refractivity contribution < 1.29 is 5.11 Å². The maximum atomic E-state index is 9.30. The Balaban J connectivity index is 2.58. The predicted molar refractivity (Wildman–Crippen MR) is 57.4 cm³/mol. The highest BCUT2D eigenvalue weighted by molar-refractivity contribution is 5.84. The minimum absolute atomic E-state index is 0.294. The number of nitrogens with one attached hydrogen (secondary N) is 2. The molecule has 1 heterocycles. The van der Waals surface area contributed by atoms with Gasteiger partial charge >= 0.3 is 0 Å². The predicted octanol–water partition coefficient (Wildman–Crippen LogP) is 2.15. The first-order valence-corrected chi connectivity index (χ1v) is 4.69. The molecule has 0 fully saturated rings. The Bertz CT molecular complexity index is 447. The maximum absolute atomic E-state index is 9.30. The van der Waals surface area contributed by atoms with Crippen LogP contribution in [0, 0.1) is 0 Å². The van der Waals surface area contributed by atoms with Gasteiger partial charge in [0.2, 0.25) is 0 Å². The van der Waals surface area contributed by atoms with Gasteiger partial charge in [-0.15, -0.1) is 0 Å². The quantitative estimate of drug-likeness (QED) is 0.679. The molecule has 0 amide bonds. The van der Waals surface area contributed by atoms with Gasteiger partial charge in [-0.1, -0.05) is 0 Å². The highest BCUT2D eigenvalue weighted by atomic mass is 16.3. The summed E-state index contributed by atoms with van der Waals surface area (Å²) in [4.78, 5) is 3.14. The lowest BCUT2D eigenvalue weighted by Gasteiger charge is -2.08. The van der Waals surface area contributed by atoms with E-state index in [1.54, 1.807) is 12.1 Å². The second-order valence-corrected chi connectivity index (χ2v) is 3.48. The Hall–Kier alpha value is -1.48. The van der Waals surface area contributed by atoms with Gasteiger partial charge in [0, 0.05) is 29.2 Å². The summed E-state index contributed by atoms with van der Waals surface area (Å²) in [7, 11) is 1.93. The molecule has 2 aromatic rings. The van der Waals surface area contributed by atoms with Crippen LogP contribution in [0.1, 0.15) is 18.5 Å². The number of benzene rings is 1. The number of aromatic hydroxyl groups is 1. The normalized spacial score (nSPS) is 13.3. The molecule has 0 aliphatic heterocycles. The van der Waals surface area contributed by atoms with Crippen LogP contribution >= 0.6 is 0 Å². The lowest BCUT2D eigenvalue weighted by Crippen LogP contribution is -2.11. The smallest absolute Gasteiger partial charge is 0.117 e. The van der Waals surface area contributed by atoms with Crippen molar-refractivity contribution in [2.45, 2.75) is 13.0 Å². The fourth-order valence-electron chi connectivity index (χ4n) is 1.65. The van der Waals surface area contributed by atoms with Gasteiger partial charge in [-0.2, -0.15) is 0 Å². The van der Waals surface area contributed by atoms with Crippen LogP contribution in [0.5, 0.6) is 5.75 Å². The van der Waals surface area contributed by atoms with Crippen molar-refractivity contribution in [2.75, 3.05) is 7.05 Å². The molecule has 1 aromatic carbocycles. The first-order valence-electron chi connectivity index (χ1n) is 4.69. The van der Waals surface area contributed by atoms with E-state index in [1.807, 2.05) is 19.3 Å². The fraction of sp³-hybridized carbons (Fsp3) is 0.273. The summed E-state index contributed by atoms with van der Waals surface area (Å²) in [5.41, 5.74) is 2.20. The van der Waals surface area contributed by atoms with E-state index in [4.69, 9.17) is 0 Å². The van der Waals surface area contributed by atoms with E-state index >= 15 is 0 Å². The van der Waals surface area contributed by atoms with Crippen molar-refractivity contribution >= 4 is 10.9 Å². The first kappa shape index (κ1) is 9.09. The number of H-pyrrole nitrogens is 1. The average molecular weight is 190 g/mol. The number of aromatic amines is 1. The van der Waals surface area contributed by atoms with Crippen LogP contribution < -0.4 is 5.32 Å². The average Bonchev–Trinajstić information content (AvgIpc) is 2.59. The van der Waals surface area contributed by atoms with Crippen molar-refractivity contribution in [2.24, 2.45) is 0 Å². The van der Waals surface area contributed by atoms with E-state index in [9.17, 15) is 5.11 Å². The molecular formula is C11H14N2O. The van der Waals surface area contributed by atoms with Gasteiger partial charge in [0.1, 0.15) is 5.75 Å². The van der Waals surface area contributed by atoms with Gasteiger partial charge in [-0.05, 0) is 31.7 Å². The number of aromatic nitrogens is 1. The summed E-state index contributed by atoms with van der Waals surface area (Å²) < 4.78 is 0. The second kappa shape index (κ2) is 3.35. The summed E-state index contributed by atoms with van der Waals surface area (Å²) in [5.74, 6) is 0.294. The van der Waals surface area contributed by atoms with Crippen LogP contribution in [0.25, 0.3) is 10.9 Å². The first-order chi connectivity index (χ1) is 6.72. The van der Waals surface area contributed by atoms with Gasteiger partial charge < -0.3 is 15.4 Å². The fourth-order valence-corrected chi connectivity index (χ4v) is 1.65. The lowest BCUT2D eigenvalue weighted by molar-refractivity contribution is 0.476. The summed E-state index contributed by atoms with van der Waals surface area (Å²) in [6, 6.07) is 5.70. The van der Waals surface area contributed by atoms with E-state index in [1.165, 1.54) is 5.56 Å². The van der Waals surface area contributed by atoms with Gasteiger partial charge in [-0.3, -0.25) is 0 Å². The van der Waals surface area contributed by atoms with E-state index in [0.717, 1.165) is 10.9 Å². The van der Waals surface area contributed by atoms with Crippen molar-refractivity contribution in [1.29, 1.82) is 0 Å². The van der Waals surface area contributed by atoms with Crippen LogP contribution in [0.15, 0.2) is 24.4 Å². The van der Waals surface area contributed by atoms with Crippen LogP contribution in [0.2, 0.25) is 0 Å². The summed E-state index contributed by atoms with van der Waals surface area (Å²) in [6.45, 7) is 2.11. The van der Waals surface area contributed by atoms with Crippen LogP contribution in [-0.2, 0) is 0 Å². The van der Waals surface area contributed by atoms with Gasteiger partial charge in [0.05, 0.1) is 0 Å². The van der Waals surface area contributed by atoms with Crippen LogP contribution in [-0.4, -0.2) is 17.1 Å². The summed E-state index contributed by atoms with van der Waals surface area (Å²) in [6.07, 6.45) is 1.98. The Morgan fingerprint density at radius 2 is 2.21 bits per heavy atom. The monoisotopic (exact) mass is 190 g/mol. The molecule has 3 N–H and O–H groups in total. The van der Waals surface area contributed by atoms with Crippen LogP contribution in [0.3, 0.4) is 0 Å². The molecule has 14 heavy (non-hydrogen) atoms. The van der Waals surface area contributed by atoms with E-state index in [-0.39, 0.29) is 0 Å². The molecule has 1 unspecified atom stereocenters. The zero-order valence-electron chi connectivity index (χ0n) is 8.33. The minimum Gasteiger partial charge on any atom is -0.508 e. The van der Waals surface area contributed by atoms with E-state index in [2.05, 4.69) is 17.2 Å². The minimum atomic E-state index is 0.294. The SMILES string of the molecule is CNC(C)c1c[nH]c2cc(O)ccc12. The standard InChI is InChI=1S/C11H14N2O/c1-7(12-2)10-6-13-11-5-8(14)3-4-9(10)11/h3-7,12-14H,1-2H3. The Morgan fingerprint density at radius 3 is 2.93 bits per heavy atom. The zero-order valence-corrected chi connectivity index (χ0v) is 8.33. The van der Waals surface area contributed by atoms with Crippen molar-refractivity contribution in [1.82, 2.24) is 10.3 Å². The zero-order chi connectivity index (χ0) is 10.1. The topological polar surface area (TPSA) is 48.0 Å². The number of fused-ring (bicyclic) bond motifs is 1. The molecule has 2 rings (SSSR count). The third-order valence-corrected chi connectivity index (χ3v) is 2.60. The maximum Gasteiger partial charge on any atom is 0.117 e. The Kier molecular flexibility index (Phi) is 2.17. The highest BCUT2D eigenvalue weighted by Crippen LogP contribution is 2.26. The number of phenolic OH excluding ortho intramolecular Hbond substituents is 1. The molecule has 0 radical (unpaired) electrons. The second-order valence-electron chi connectivity index (χ2n) is 3.48. The molecule has 0 bridgehead atoms. The number of hydrogen-bond acceptors (Lipinski definition) is 2. The van der Waals surface area contributed by atoms with Gasteiger partial charge in [0.25, 0.3) is 0 Å². The Morgan fingerprint density at radius 1 is 1.43 bits per heavy atom. The summed E-state index contributed by atoms with van der Waals surface area (Å²) in [5, 5.41) is 13.6. The molecule has 0 saturated heterocycles. The Labute approximate surface area is 82.8 Å². The molecular weight excluding hydrogens is 176 g/mol. The molecule has 1 atom stereocenters. The largest absolute Gasteiger partial charge is 0.508 e. The van der Waals surface area contributed by atoms with Gasteiger partial charge in [-0.25, -0.2) is 0 Å². The molecule has 74 valence electrons. The molecule has 3 nitrogen and oxygen atoms in total. The molecule has 0 spiro atoms. The molecule has 0 aliphatic rings. The summed E-state index contributed by atoms with van der Waals surface area (Å²) >= 11 is 0. The van der Waals surface area contributed by atoms with Crippen LogP contribution in [0.4, 0.5) is 0 Å². The van der Waals surface area contributed by atoms with Crippen molar-refractivity contribution in [3.05, 3.63) is 30.0 Å². The number of phenols is 1. The van der Waals surface area contributed by atoms with E-state index < -0.39 is 0 Å². The molecule has 0 aliphatic carbocycles. The third kappa shape index (κ3) is 1.36. The molecule has 3 heteroatoms. The van der Waals surface area contributed by atoms with Crippen molar-refractivity contribution in [3.63, 3.8) is 0 Å².